The molecule has 6 heteroatoms. The van der Waals surface area contributed by atoms with Crippen molar-refractivity contribution < 1.29 is 13.2 Å². The summed E-state index contributed by atoms with van der Waals surface area (Å²) in [6, 6.07) is 15.4. The summed E-state index contributed by atoms with van der Waals surface area (Å²) < 4.78 is 32.8. The molecule has 0 unspecified atom stereocenters. The maximum Gasteiger partial charge on any atom is 0.243 e. The second-order valence-corrected chi connectivity index (χ2v) is 7.58. The van der Waals surface area contributed by atoms with E-state index in [0.717, 1.165) is 24.2 Å². The highest BCUT2D eigenvalue weighted by molar-refractivity contribution is 7.89. The van der Waals surface area contributed by atoms with E-state index in [1.165, 1.54) is 24.3 Å². The number of nitriles is 1. The lowest BCUT2D eigenvalue weighted by Gasteiger charge is -2.24. The number of nitrogens with zero attached hydrogens (tertiary/aromatic N) is 2. The molecule has 0 N–H and O–H groups in total. The zero-order valence-electron chi connectivity index (χ0n) is 13.3. The van der Waals surface area contributed by atoms with Gasteiger partial charge in [0.05, 0.1) is 29.7 Å². The average molecular weight is 342 g/mol. The number of rotatable bonds is 4. The summed E-state index contributed by atoms with van der Waals surface area (Å²) in [5.74, 6) is 0.718. The van der Waals surface area contributed by atoms with Gasteiger partial charge in [0.25, 0.3) is 0 Å². The van der Waals surface area contributed by atoms with E-state index >= 15 is 0 Å². The van der Waals surface area contributed by atoms with E-state index in [-0.39, 0.29) is 10.9 Å². The van der Waals surface area contributed by atoms with Crippen LogP contribution in [0.5, 0.6) is 5.75 Å². The number of sulfonamides is 1. The third-order valence-corrected chi connectivity index (χ3v) is 6.19. The van der Waals surface area contributed by atoms with Crippen molar-refractivity contribution in [3.8, 4) is 11.8 Å². The zero-order valence-corrected chi connectivity index (χ0v) is 14.2. The van der Waals surface area contributed by atoms with Crippen molar-refractivity contribution in [3.63, 3.8) is 0 Å². The monoisotopic (exact) mass is 342 g/mol. The number of hydrogen-bond acceptors (Lipinski definition) is 4. The van der Waals surface area contributed by atoms with Crippen molar-refractivity contribution >= 4 is 10.0 Å². The first-order valence-corrected chi connectivity index (χ1v) is 9.16. The molecular weight excluding hydrogens is 324 g/mol. The van der Waals surface area contributed by atoms with Crippen molar-refractivity contribution in [2.45, 2.75) is 23.8 Å². The zero-order chi connectivity index (χ0) is 17.2. The smallest absolute Gasteiger partial charge is 0.243 e. The molecule has 0 saturated carbocycles. The Bertz CT molecular complexity index is 870. The van der Waals surface area contributed by atoms with Gasteiger partial charge in [0.2, 0.25) is 10.0 Å². The van der Waals surface area contributed by atoms with Gasteiger partial charge in [-0.05, 0) is 54.8 Å². The number of ether oxygens (including phenoxy) is 1. The molecule has 1 aliphatic heterocycles. The predicted molar refractivity (Wildman–Crippen MR) is 90.0 cm³/mol. The lowest BCUT2D eigenvalue weighted by Crippen LogP contribution is -2.30. The summed E-state index contributed by atoms with van der Waals surface area (Å²) in [4.78, 5) is 0.219. The fraction of sp³-hybridized carbons (Fsp3) is 0.278. The molecule has 0 radical (unpaired) electrons. The van der Waals surface area contributed by atoms with Crippen molar-refractivity contribution in [1.82, 2.24) is 4.31 Å². The van der Waals surface area contributed by atoms with Crippen molar-refractivity contribution in [2.24, 2.45) is 0 Å². The molecule has 1 saturated heterocycles. The van der Waals surface area contributed by atoms with Gasteiger partial charge >= 0.3 is 0 Å². The van der Waals surface area contributed by atoms with E-state index in [1.807, 2.05) is 30.3 Å². The summed E-state index contributed by atoms with van der Waals surface area (Å²) in [6.07, 6.45) is 1.60. The highest BCUT2D eigenvalue weighted by Crippen LogP contribution is 2.37. The Morgan fingerprint density at radius 1 is 1.21 bits per heavy atom. The molecular formula is C18H18N2O3S. The Labute approximate surface area is 142 Å². The van der Waals surface area contributed by atoms with Gasteiger partial charge in [0, 0.05) is 6.54 Å². The third-order valence-electron chi connectivity index (χ3n) is 4.27. The van der Waals surface area contributed by atoms with Gasteiger partial charge < -0.3 is 4.74 Å². The molecule has 1 heterocycles. The molecule has 3 rings (SSSR count). The van der Waals surface area contributed by atoms with E-state index in [1.54, 1.807) is 11.4 Å². The second-order valence-electron chi connectivity index (χ2n) is 5.69. The van der Waals surface area contributed by atoms with E-state index in [0.29, 0.717) is 12.1 Å². The van der Waals surface area contributed by atoms with Crippen LogP contribution in [0, 0.1) is 11.3 Å². The van der Waals surface area contributed by atoms with Crippen LogP contribution in [0.4, 0.5) is 0 Å². The maximum atomic E-state index is 13.0. The van der Waals surface area contributed by atoms with Gasteiger partial charge in [0.15, 0.2) is 0 Å². The highest BCUT2D eigenvalue weighted by Gasteiger charge is 2.36. The van der Waals surface area contributed by atoms with Crippen LogP contribution < -0.4 is 4.74 Å². The summed E-state index contributed by atoms with van der Waals surface area (Å²) in [7, 11) is -2.00. The molecule has 124 valence electrons. The maximum absolute atomic E-state index is 13.0. The molecule has 0 aromatic heterocycles. The average Bonchev–Trinajstić information content (AvgIpc) is 3.12. The molecule has 1 atom stereocenters. The highest BCUT2D eigenvalue weighted by atomic mass is 32.2. The standard InChI is InChI=1S/C18H18N2O3S/c1-23-16-5-2-4-15(12-16)18-6-3-11-20(18)24(21,22)17-9-7-14(13-19)8-10-17/h2,4-5,7-10,12,18H,3,6,11H2,1H3/t18-/m1/s1. The van der Waals surface area contributed by atoms with Gasteiger partial charge in [0.1, 0.15) is 5.75 Å². The Balaban J connectivity index is 1.95. The van der Waals surface area contributed by atoms with Crippen LogP contribution in [-0.2, 0) is 10.0 Å². The number of methoxy groups -OCH3 is 1. The lowest BCUT2D eigenvalue weighted by molar-refractivity contribution is 0.390. The Morgan fingerprint density at radius 2 is 1.96 bits per heavy atom. The van der Waals surface area contributed by atoms with Gasteiger partial charge in [-0.25, -0.2) is 8.42 Å². The van der Waals surface area contributed by atoms with E-state index < -0.39 is 10.0 Å². The van der Waals surface area contributed by atoms with E-state index in [2.05, 4.69) is 0 Å². The van der Waals surface area contributed by atoms with E-state index in [4.69, 9.17) is 10.00 Å². The van der Waals surface area contributed by atoms with Gasteiger partial charge in [-0.3, -0.25) is 0 Å². The summed E-state index contributed by atoms with van der Waals surface area (Å²) in [5, 5.41) is 8.86. The molecule has 0 amide bonds. The third kappa shape index (κ3) is 3.01. The molecule has 0 spiro atoms. The predicted octanol–water partition coefficient (Wildman–Crippen LogP) is 3.09. The minimum Gasteiger partial charge on any atom is -0.497 e. The molecule has 1 fully saturated rings. The largest absolute Gasteiger partial charge is 0.497 e. The Kier molecular flexibility index (Phi) is 4.56. The molecule has 2 aromatic carbocycles. The van der Waals surface area contributed by atoms with Crippen molar-refractivity contribution in [1.29, 1.82) is 5.26 Å². The fourth-order valence-corrected chi connectivity index (χ4v) is 4.73. The molecule has 24 heavy (non-hydrogen) atoms. The molecule has 5 nitrogen and oxygen atoms in total. The number of benzene rings is 2. The first-order chi connectivity index (χ1) is 11.6. The lowest BCUT2D eigenvalue weighted by atomic mass is 10.1. The van der Waals surface area contributed by atoms with Gasteiger partial charge in [-0.15, -0.1) is 0 Å². The van der Waals surface area contributed by atoms with Gasteiger partial charge in [-0.1, -0.05) is 12.1 Å². The van der Waals surface area contributed by atoms with E-state index in [9.17, 15) is 8.42 Å². The first kappa shape index (κ1) is 16.5. The Hall–Kier alpha value is -2.36. The van der Waals surface area contributed by atoms with Crippen LogP contribution >= 0.6 is 0 Å². The summed E-state index contributed by atoms with van der Waals surface area (Å²) in [5.41, 5.74) is 1.38. The normalized spacial score (nSPS) is 18.2. The molecule has 0 aliphatic carbocycles. The molecule has 2 aromatic rings. The van der Waals surface area contributed by atoms with Crippen molar-refractivity contribution in [3.05, 3.63) is 59.7 Å². The SMILES string of the molecule is COc1cccc([C@H]2CCCN2S(=O)(=O)c2ccc(C#N)cc2)c1. The fourth-order valence-electron chi connectivity index (χ4n) is 3.05. The molecule has 1 aliphatic rings. The van der Waals surface area contributed by atoms with Crippen LogP contribution in [0.15, 0.2) is 53.4 Å². The molecule has 0 bridgehead atoms. The number of hydrogen-bond donors (Lipinski definition) is 0. The van der Waals surface area contributed by atoms with Crippen LogP contribution in [0.25, 0.3) is 0 Å². The minimum absolute atomic E-state index is 0.194. The van der Waals surface area contributed by atoms with Crippen LogP contribution in [0.3, 0.4) is 0 Å². The van der Waals surface area contributed by atoms with Crippen LogP contribution in [0.2, 0.25) is 0 Å². The van der Waals surface area contributed by atoms with Crippen LogP contribution in [0.1, 0.15) is 30.0 Å². The summed E-state index contributed by atoms with van der Waals surface area (Å²) >= 11 is 0. The first-order valence-electron chi connectivity index (χ1n) is 7.72. The van der Waals surface area contributed by atoms with Gasteiger partial charge in [-0.2, -0.15) is 9.57 Å². The van der Waals surface area contributed by atoms with Crippen molar-refractivity contribution in [2.75, 3.05) is 13.7 Å². The second kappa shape index (κ2) is 6.63. The quantitative estimate of drug-likeness (QED) is 0.856. The Morgan fingerprint density at radius 3 is 2.62 bits per heavy atom. The summed E-state index contributed by atoms with van der Waals surface area (Å²) in [6.45, 7) is 0.490. The van der Waals surface area contributed by atoms with Crippen LogP contribution in [-0.4, -0.2) is 26.4 Å². The minimum atomic E-state index is -3.60. The topological polar surface area (TPSA) is 70.4 Å².